The molecule has 2 N–H and O–H groups in total. The lowest BCUT2D eigenvalue weighted by Crippen LogP contribution is -2.36. The molecular weight excluding hydrogens is 304 g/mol. The lowest BCUT2D eigenvalue weighted by Gasteiger charge is -2.22. The second-order valence-corrected chi connectivity index (χ2v) is 9.37. The zero-order valence-electron chi connectivity index (χ0n) is 12.8. The molecular formula is C15H24N2O2S2. The van der Waals surface area contributed by atoms with Crippen molar-refractivity contribution in [1.82, 2.24) is 10.0 Å². The van der Waals surface area contributed by atoms with Crippen LogP contribution in [0.2, 0.25) is 0 Å². The van der Waals surface area contributed by atoms with Crippen LogP contribution in [0.25, 0.3) is 0 Å². The summed E-state index contributed by atoms with van der Waals surface area (Å²) in [5.41, 5.74) is 1.01. The summed E-state index contributed by atoms with van der Waals surface area (Å²) in [4.78, 5) is 0.342. The molecule has 0 aromatic heterocycles. The maximum absolute atomic E-state index is 12.4. The first-order chi connectivity index (χ1) is 9.82. The van der Waals surface area contributed by atoms with Crippen LogP contribution < -0.4 is 10.0 Å². The van der Waals surface area contributed by atoms with E-state index >= 15 is 0 Å². The van der Waals surface area contributed by atoms with Gasteiger partial charge in [-0.25, -0.2) is 13.1 Å². The monoisotopic (exact) mass is 328 g/mol. The highest BCUT2D eigenvalue weighted by molar-refractivity contribution is 8.00. The van der Waals surface area contributed by atoms with Gasteiger partial charge in [-0.05, 0) is 50.6 Å². The summed E-state index contributed by atoms with van der Waals surface area (Å²) < 4.78 is 27.3. The van der Waals surface area contributed by atoms with E-state index in [0.717, 1.165) is 12.1 Å². The Kier molecular flexibility index (Phi) is 5.35. The summed E-state index contributed by atoms with van der Waals surface area (Å²) in [7, 11) is -3.44. The SMILES string of the molecule is CSC(C)(C)CNS(=O)(=O)c1cccc(CNC2CC2)c1. The van der Waals surface area contributed by atoms with Gasteiger partial charge < -0.3 is 5.32 Å². The molecule has 1 fully saturated rings. The van der Waals surface area contributed by atoms with Crippen molar-refractivity contribution >= 4 is 21.8 Å². The Balaban J connectivity index is 2.02. The standard InChI is InChI=1S/C15H24N2O2S2/c1-15(2,20-3)11-17-21(18,19)14-6-4-5-12(9-14)10-16-13-7-8-13/h4-6,9,13,16-17H,7-8,10-11H2,1-3H3. The summed E-state index contributed by atoms with van der Waals surface area (Å²) in [5, 5.41) is 3.40. The maximum atomic E-state index is 12.4. The van der Waals surface area contributed by atoms with Crippen molar-refractivity contribution in [2.45, 2.75) is 48.9 Å². The Morgan fingerprint density at radius 2 is 2.05 bits per heavy atom. The highest BCUT2D eigenvalue weighted by Crippen LogP contribution is 2.22. The van der Waals surface area contributed by atoms with Crippen LogP contribution >= 0.6 is 11.8 Å². The highest BCUT2D eigenvalue weighted by atomic mass is 32.2. The Morgan fingerprint density at radius 1 is 1.33 bits per heavy atom. The number of benzene rings is 1. The molecule has 0 bridgehead atoms. The van der Waals surface area contributed by atoms with Gasteiger partial charge in [0.05, 0.1) is 4.90 Å². The molecule has 1 saturated carbocycles. The molecule has 1 aromatic carbocycles. The van der Waals surface area contributed by atoms with E-state index in [0.29, 0.717) is 17.5 Å². The average Bonchev–Trinajstić information content (AvgIpc) is 3.28. The van der Waals surface area contributed by atoms with Gasteiger partial charge in [0, 0.05) is 23.9 Å². The minimum Gasteiger partial charge on any atom is -0.310 e. The Hall–Kier alpha value is -0.560. The normalized spacial score (nSPS) is 16.1. The topological polar surface area (TPSA) is 58.2 Å². The molecule has 2 rings (SSSR count). The van der Waals surface area contributed by atoms with Crippen molar-refractivity contribution in [3.05, 3.63) is 29.8 Å². The van der Waals surface area contributed by atoms with Gasteiger partial charge in [0.1, 0.15) is 0 Å². The van der Waals surface area contributed by atoms with Gasteiger partial charge in [0.25, 0.3) is 0 Å². The van der Waals surface area contributed by atoms with Crippen molar-refractivity contribution in [3.8, 4) is 0 Å². The van der Waals surface area contributed by atoms with Crippen LogP contribution in [0.5, 0.6) is 0 Å². The summed E-state index contributed by atoms with van der Waals surface area (Å²) in [6.45, 7) is 5.19. The molecule has 4 nitrogen and oxygen atoms in total. The van der Waals surface area contributed by atoms with E-state index in [4.69, 9.17) is 0 Å². The Morgan fingerprint density at radius 3 is 2.67 bits per heavy atom. The zero-order chi connectivity index (χ0) is 15.5. The molecule has 0 atom stereocenters. The molecule has 0 unspecified atom stereocenters. The third-order valence-electron chi connectivity index (χ3n) is 3.62. The number of hydrogen-bond acceptors (Lipinski definition) is 4. The number of sulfonamides is 1. The fourth-order valence-corrected chi connectivity index (χ4v) is 3.39. The summed E-state index contributed by atoms with van der Waals surface area (Å²) in [6, 6.07) is 7.78. The van der Waals surface area contributed by atoms with Crippen molar-refractivity contribution in [3.63, 3.8) is 0 Å². The van der Waals surface area contributed by atoms with Crippen molar-refractivity contribution in [2.75, 3.05) is 12.8 Å². The van der Waals surface area contributed by atoms with E-state index in [9.17, 15) is 8.42 Å². The first-order valence-electron chi connectivity index (χ1n) is 7.19. The molecule has 21 heavy (non-hydrogen) atoms. The van der Waals surface area contributed by atoms with Gasteiger partial charge in [0.2, 0.25) is 10.0 Å². The number of hydrogen-bond donors (Lipinski definition) is 2. The highest BCUT2D eigenvalue weighted by Gasteiger charge is 2.22. The molecule has 0 radical (unpaired) electrons. The van der Waals surface area contributed by atoms with Crippen LogP contribution in [0, 0.1) is 0 Å². The number of rotatable bonds is 8. The second-order valence-electron chi connectivity index (χ2n) is 6.09. The molecule has 0 saturated heterocycles. The molecule has 6 heteroatoms. The quantitative estimate of drug-likeness (QED) is 0.769. The smallest absolute Gasteiger partial charge is 0.240 e. The summed E-state index contributed by atoms with van der Waals surface area (Å²) in [6.07, 6.45) is 4.44. The second kappa shape index (κ2) is 6.69. The van der Waals surface area contributed by atoms with E-state index < -0.39 is 10.0 Å². The average molecular weight is 329 g/mol. The molecule has 0 spiro atoms. The van der Waals surface area contributed by atoms with Gasteiger partial charge in [-0.3, -0.25) is 0 Å². The summed E-state index contributed by atoms with van der Waals surface area (Å²) >= 11 is 1.65. The van der Waals surface area contributed by atoms with Gasteiger partial charge >= 0.3 is 0 Å². The lowest BCUT2D eigenvalue weighted by atomic mass is 10.2. The van der Waals surface area contributed by atoms with Crippen molar-refractivity contribution in [1.29, 1.82) is 0 Å². The van der Waals surface area contributed by atoms with E-state index in [1.54, 1.807) is 30.0 Å². The van der Waals surface area contributed by atoms with Crippen LogP contribution in [0.4, 0.5) is 0 Å². The lowest BCUT2D eigenvalue weighted by molar-refractivity contribution is 0.570. The molecule has 0 amide bonds. The molecule has 0 aliphatic heterocycles. The van der Waals surface area contributed by atoms with E-state index in [2.05, 4.69) is 10.0 Å². The molecule has 0 heterocycles. The van der Waals surface area contributed by atoms with Crippen LogP contribution in [-0.4, -0.2) is 32.0 Å². The molecule has 1 aliphatic carbocycles. The van der Waals surface area contributed by atoms with Gasteiger partial charge in [-0.1, -0.05) is 12.1 Å². The molecule has 118 valence electrons. The number of nitrogens with one attached hydrogen (secondary N) is 2. The largest absolute Gasteiger partial charge is 0.310 e. The Labute approximate surface area is 132 Å². The first-order valence-corrected chi connectivity index (χ1v) is 9.90. The first kappa shape index (κ1) is 16.8. The van der Waals surface area contributed by atoms with E-state index in [1.165, 1.54) is 12.8 Å². The van der Waals surface area contributed by atoms with Gasteiger partial charge in [-0.15, -0.1) is 0 Å². The van der Waals surface area contributed by atoms with Crippen molar-refractivity contribution < 1.29 is 8.42 Å². The van der Waals surface area contributed by atoms with Gasteiger partial charge in [0.15, 0.2) is 0 Å². The fraction of sp³-hybridized carbons (Fsp3) is 0.600. The summed E-state index contributed by atoms with van der Waals surface area (Å²) in [5.74, 6) is 0. The number of thioether (sulfide) groups is 1. The van der Waals surface area contributed by atoms with Crippen LogP contribution in [-0.2, 0) is 16.6 Å². The van der Waals surface area contributed by atoms with Crippen LogP contribution in [0.3, 0.4) is 0 Å². The van der Waals surface area contributed by atoms with E-state index in [-0.39, 0.29) is 4.75 Å². The van der Waals surface area contributed by atoms with Crippen LogP contribution in [0.15, 0.2) is 29.2 Å². The molecule has 1 aliphatic rings. The Bertz CT molecular complexity index is 581. The van der Waals surface area contributed by atoms with Crippen molar-refractivity contribution in [2.24, 2.45) is 0 Å². The minimum absolute atomic E-state index is 0.113. The van der Waals surface area contributed by atoms with Crippen LogP contribution in [0.1, 0.15) is 32.3 Å². The van der Waals surface area contributed by atoms with Gasteiger partial charge in [-0.2, -0.15) is 11.8 Å². The zero-order valence-corrected chi connectivity index (χ0v) is 14.5. The third-order valence-corrected chi connectivity index (χ3v) is 6.27. The minimum atomic E-state index is -3.44. The maximum Gasteiger partial charge on any atom is 0.240 e. The fourth-order valence-electron chi connectivity index (χ4n) is 1.80. The third kappa shape index (κ3) is 5.29. The predicted molar refractivity (Wildman–Crippen MR) is 89.1 cm³/mol. The molecule has 1 aromatic rings. The predicted octanol–water partition coefficient (Wildman–Crippen LogP) is 2.36. The van der Waals surface area contributed by atoms with E-state index in [1.807, 2.05) is 26.2 Å².